The molecule has 0 atom stereocenters. The lowest BCUT2D eigenvalue weighted by molar-refractivity contribution is -0.385. The first kappa shape index (κ1) is 21.6. The molecule has 0 radical (unpaired) electrons. The summed E-state index contributed by atoms with van der Waals surface area (Å²) < 4.78 is 5.41. The number of aromatic carboxylic acids is 1. The zero-order valence-electron chi connectivity index (χ0n) is 17.3. The lowest BCUT2D eigenvalue weighted by Gasteiger charge is -2.14. The number of nitrogens with zero attached hydrogens (tertiary/aromatic N) is 1. The van der Waals surface area contributed by atoms with E-state index in [-0.39, 0.29) is 24.6 Å². The number of carbonyl (C=O) groups excluding carboxylic acids is 1. The topological polar surface area (TPSA) is 119 Å². The highest BCUT2D eigenvalue weighted by molar-refractivity contribution is 5.92. The number of nitro groups is 1. The number of carbonyl (C=O) groups is 2. The van der Waals surface area contributed by atoms with Crippen LogP contribution in [0.4, 0.5) is 10.5 Å². The minimum Gasteiger partial charge on any atom is -0.477 e. The fraction of sp³-hybridized carbons (Fsp3) is 0.120. The summed E-state index contributed by atoms with van der Waals surface area (Å²) in [5, 5.41) is 22.6. The van der Waals surface area contributed by atoms with Crippen molar-refractivity contribution in [1.82, 2.24) is 5.32 Å². The predicted molar refractivity (Wildman–Crippen MR) is 120 cm³/mol. The van der Waals surface area contributed by atoms with Crippen LogP contribution in [0.2, 0.25) is 0 Å². The Balaban J connectivity index is 1.36. The van der Waals surface area contributed by atoms with Crippen molar-refractivity contribution in [2.75, 3.05) is 13.2 Å². The highest BCUT2D eigenvalue weighted by Crippen LogP contribution is 2.44. The zero-order chi connectivity index (χ0) is 23.4. The van der Waals surface area contributed by atoms with Crippen molar-refractivity contribution < 1.29 is 24.4 Å². The Labute approximate surface area is 189 Å². The molecule has 0 unspecified atom stereocenters. The second kappa shape index (κ2) is 9.24. The van der Waals surface area contributed by atoms with E-state index in [4.69, 9.17) is 9.84 Å². The van der Waals surface area contributed by atoms with Crippen molar-refractivity contribution in [3.05, 3.63) is 99.1 Å². The fourth-order valence-electron chi connectivity index (χ4n) is 3.86. The molecule has 3 aromatic carbocycles. The summed E-state index contributed by atoms with van der Waals surface area (Å²) in [6.45, 7) is 0.147. The van der Waals surface area contributed by atoms with Gasteiger partial charge in [-0.3, -0.25) is 10.1 Å². The monoisotopic (exact) mass is 442 g/mol. The van der Waals surface area contributed by atoms with Gasteiger partial charge in [0.05, 0.1) is 11.5 Å². The van der Waals surface area contributed by atoms with Gasteiger partial charge >= 0.3 is 12.1 Å². The van der Waals surface area contributed by atoms with Crippen molar-refractivity contribution in [2.24, 2.45) is 0 Å². The first-order chi connectivity index (χ1) is 16.0. The Morgan fingerprint density at radius 1 is 1.03 bits per heavy atom. The Morgan fingerprint density at radius 3 is 2.27 bits per heavy atom. The lowest BCUT2D eigenvalue weighted by atomic mass is 9.98. The van der Waals surface area contributed by atoms with E-state index in [0.29, 0.717) is 0 Å². The number of alkyl carbamates (subject to hydrolysis) is 1. The molecule has 0 saturated heterocycles. The maximum absolute atomic E-state index is 12.1. The SMILES string of the molecule is O=C(NCC#Cc1ccc([N+](=O)[O-])c(C(=O)O)c1)OCC1c2ccccc2-c2ccccc21. The molecule has 0 bridgehead atoms. The second-order valence-corrected chi connectivity index (χ2v) is 7.28. The predicted octanol–water partition coefficient (Wildman–Crippen LogP) is 4.18. The van der Waals surface area contributed by atoms with Crippen LogP contribution in [-0.2, 0) is 4.74 Å². The molecule has 1 amide bonds. The molecule has 0 aromatic heterocycles. The third kappa shape index (κ3) is 4.52. The number of carboxylic acids is 1. The van der Waals surface area contributed by atoms with Crippen LogP contribution in [0.3, 0.4) is 0 Å². The maximum Gasteiger partial charge on any atom is 0.407 e. The van der Waals surface area contributed by atoms with Gasteiger partial charge in [0.15, 0.2) is 0 Å². The average Bonchev–Trinajstić information content (AvgIpc) is 3.14. The van der Waals surface area contributed by atoms with Gasteiger partial charge in [-0.15, -0.1) is 0 Å². The molecule has 1 aliphatic rings. The number of benzene rings is 3. The first-order valence-corrected chi connectivity index (χ1v) is 10.0. The van der Waals surface area contributed by atoms with E-state index in [0.717, 1.165) is 34.4 Å². The van der Waals surface area contributed by atoms with E-state index < -0.39 is 28.2 Å². The maximum atomic E-state index is 12.1. The number of fused-ring (bicyclic) bond motifs is 3. The van der Waals surface area contributed by atoms with E-state index in [1.165, 1.54) is 6.07 Å². The van der Waals surface area contributed by atoms with Crippen molar-refractivity contribution in [2.45, 2.75) is 5.92 Å². The van der Waals surface area contributed by atoms with Gasteiger partial charge in [-0.1, -0.05) is 60.4 Å². The number of amides is 1. The first-order valence-electron chi connectivity index (χ1n) is 10.0. The number of hydrogen-bond donors (Lipinski definition) is 2. The molecule has 0 fully saturated rings. The molecular weight excluding hydrogens is 424 g/mol. The minimum atomic E-state index is -1.41. The quantitative estimate of drug-likeness (QED) is 0.348. The molecule has 2 N–H and O–H groups in total. The Kier molecular flexibility index (Phi) is 6.04. The third-order valence-electron chi connectivity index (χ3n) is 5.32. The third-order valence-corrected chi connectivity index (χ3v) is 5.32. The molecule has 164 valence electrons. The summed E-state index contributed by atoms with van der Waals surface area (Å²) >= 11 is 0. The van der Waals surface area contributed by atoms with Crippen molar-refractivity contribution in [1.29, 1.82) is 0 Å². The molecule has 33 heavy (non-hydrogen) atoms. The molecule has 4 rings (SSSR count). The van der Waals surface area contributed by atoms with E-state index >= 15 is 0 Å². The number of ether oxygens (including phenoxy) is 1. The van der Waals surface area contributed by atoms with Gasteiger partial charge in [-0.2, -0.15) is 0 Å². The average molecular weight is 442 g/mol. The largest absolute Gasteiger partial charge is 0.477 e. The molecule has 1 aliphatic carbocycles. The van der Waals surface area contributed by atoms with Crippen LogP contribution in [-0.4, -0.2) is 35.2 Å². The normalized spacial score (nSPS) is 11.5. The van der Waals surface area contributed by atoms with Gasteiger partial charge in [0.2, 0.25) is 0 Å². The van der Waals surface area contributed by atoms with Crippen molar-refractivity contribution in [3.63, 3.8) is 0 Å². The molecule has 8 nitrogen and oxygen atoms in total. The summed E-state index contributed by atoms with van der Waals surface area (Å²) in [7, 11) is 0. The van der Waals surface area contributed by atoms with Gasteiger partial charge in [0, 0.05) is 17.5 Å². The van der Waals surface area contributed by atoms with Crippen LogP contribution in [0, 0.1) is 22.0 Å². The number of nitrogens with one attached hydrogen (secondary N) is 1. The van der Waals surface area contributed by atoms with Crippen LogP contribution in [0.1, 0.15) is 33.0 Å². The van der Waals surface area contributed by atoms with Gasteiger partial charge in [-0.25, -0.2) is 9.59 Å². The van der Waals surface area contributed by atoms with Crippen LogP contribution in [0.25, 0.3) is 11.1 Å². The molecule has 0 aliphatic heterocycles. The summed E-state index contributed by atoms with van der Waals surface area (Å²) in [6, 6.07) is 19.6. The smallest absolute Gasteiger partial charge is 0.407 e. The number of hydrogen-bond acceptors (Lipinski definition) is 5. The van der Waals surface area contributed by atoms with Crippen LogP contribution in [0.5, 0.6) is 0 Å². The summed E-state index contributed by atoms with van der Waals surface area (Å²) in [6.07, 6.45) is -0.624. The van der Waals surface area contributed by atoms with E-state index in [9.17, 15) is 19.7 Å². The second-order valence-electron chi connectivity index (χ2n) is 7.28. The number of carboxylic acid groups (broad SMARTS) is 1. The highest BCUT2D eigenvalue weighted by atomic mass is 16.6. The summed E-state index contributed by atoms with van der Waals surface area (Å²) in [5.41, 5.74) is 3.82. The van der Waals surface area contributed by atoms with E-state index in [2.05, 4.69) is 29.3 Å². The van der Waals surface area contributed by atoms with Crippen LogP contribution < -0.4 is 5.32 Å². The molecule has 0 heterocycles. The highest BCUT2D eigenvalue weighted by Gasteiger charge is 2.28. The molecular formula is C25H18N2O6. The van der Waals surface area contributed by atoms with Crippen LogP contribution in [0.15, 0.2) is 66.7 Å². The van der Waals surface area contributed by atoms with Gasteiger partial charge in [-0.05, 0) is 34.4 Å². The number of rotatable bonds is 5. The van der Waals surface area contributed by atoms with Crippen molar-refractivity contribution >= 4 is 17.7 Å². The standard InChI is InChI=1S/C25H18N2O6/c28-24(29)21-14-16(11-12-23(21)27(31)32)6-5-13-26-25(30)33-15-22-19-9-3-1-7-17(19)18-8-2-4-10-20(18)22/h1-4,7-12,14,22H,13,15H2,(H,26,30)(H,28,29). The molecule has 8 heteroatoms. The van der Waals surface area contributed by atoms with E-state index in [1.807, 2.05) is 36.4 Å². The fourth-order valence-corrected chi connectivity index (χ4v) is 3.86. The summed E-state index contributed by atoms with van der Waals surface area (Å²) in [5.74, 6) is 3.89. The van der Waals surface area contributed by atoms with Crippen LogP contribution >= 0.6 is 0 Å². The Morgan fingerprint density at radius 2 is 1.67 bits per heavy atom. The molecule has 0 saturated carbocycles. The van der Waals surface area contributed by atoms with Crippen molar-refractivity contribution in [3.8, 4) is 23.0 Å². The minimum absolute atomic E-state index is 0.0317. The van der Waals surface area contributed by atoms with Gasteiger partial charge < -0.3 is 15.2 Å². The molecule has 0 spiro atoms. The van der Waals surface area contributed by atoms with Gasteiger partial charge in [0.25, 0.3) is 5.69 Å². The summed E-state index contributed by atoms with van der Waals surface area (Å²) in [4.78, 5) is 33.5. The zero-order valence-corrected chi connectivity index (χ0v) is 17.3. The number of nitro benzene ring substituents is 1. The van der Waals surface area contributed by atoms with E-state index in [1.54, 1.807) is 0 Å². The lowest BCUT2D eigenvalue weighted by Crippen LogP contribution is -2.26. The Hall–Kier alpha value is -4.64. The Bertz CT molecular complexity index is 1280. The molecule has 3 aromatic rings. The van der Waals surface area contributed by atoms with Gasteiger partial charge in [0.1, 0.15) is 12.2 Å².